The van der Waals surface area contributed by atoms with Crippen LogP contribution in [0.2, 0.25) is 0 Å². The van der Waals surface area contributed by atoms with Gasteiger partial charge in [0, 0.05) is 30.6 Å². The van der Waals surface area contributed by atoms with Crippen LogP contribution in [0.4, 0.5) is 0 Å². The van der Waals surface area contributed by atoms with Gasteiger partial charge in [-0.1, -0.05) is 24.3 Å². The molecule has 2 atom stereocenters. The summed E-state index contributed by atoms with van der Waals surface area (Å²) < 4.78 is 2.01. The molecule has 21 heavy (non-hydrogen) atoms. The largest absolute Gasteiger partial charge is 0.271 e. The molecular weight excluding hydrogens is 260 g/mol. The standard InChI is InChI=1S/C17H24N4/c1-12(2)21-10-9-14(20-21)11-17(19-18)16-8-7-13-5-3-4-6-15(13)16/h3-6,9-10,12,16-17,19H,7-8,11,18H2,1-2H3. The zero-order valence-electron chi connectivity index (χ0n) is 12.8. The van der Waals surface area contributed by atoms with Gasteiger partial charge in [-0.3, -0.25) is 16.0 Å². The number of hydrogen-bond acceptors (Lipinski definition) is 3. The van der Waals surface area contributed by atoms with E-state index in [1.807, 2.05) is 4.68 Å². The number of nitrogens with one attached hydrogen (secondary N) is 1. The molecule has 0 spiro atoms. The van der Waals surface area contributed by atoms with Crippen LogP contribution in [0.5, 0.6) is 0 Å². The number of hydrazine groups is 1. The van der Waals surface area contributed by atoms with Gasteiger partial charge in [0.05, 0.1) is 5.69 Å². The molecule has 3 N–H and O–H groups in total. The third kappa shape index (κ3) is 2.87. The summed E-state index contributed by atoms with van der Waals surface area (Å²) in [5.74, 6) is 6.32. The average Bonchev–Trinajstić information content (AvgIpc) is 3.11. The number of hydrogen-bond donors (Lipinski definition) is 2. The first-order valence-electron chi connectivity index (χ1n) is 7.77. The highest BCUT2D eigenvalue weighted by molar-refractivity contribution is 5.36. The summed E-state index contributed by atoms with van der Waals surface area (Å²) in [6, 6.07) is 11.5. The Morgan fingerprint density at radius 1 is 1.33 bits per heavy atom. The zero-order chi connectivity index (χ0) is 14.8. The molecule has 0 aliphatic heterocycles. The van der Waals surface area contributed by atoms with Gasteiger partial charge < -0.3 is 0 Å². The molecule has 1 heterocycles. The molecule has 4 nitrogen and oxygen atoms in total. The molecule has 1 aromatic carbocycles. The molecule has 4 heteroatoms. The topological polar surface area (TPSA) is 55.9 Å². The van der Waals surface area contributed by atoms with E-state index in [1.54, 1.807) is 0 Å². The number of aromatic nitrogens is 2. The van der Waals surface area contributed by atoms with Crippen molar-refractivity contribution in [2.45, 2.75) is 51.1 Å². The van der Waals surface area contributed by atoms with Gasteiger partial charge in [0.15, 0.2) is 0 Å². The molecule has 0 saturated carbocycles. The summed E-state index contributed by atoms with van der Waals surface area (Å²) in [7, 11) is 0. The quantitative estimate of drug-likeness (QED) is 0.655. The number of benzene rings is 1. The lowest BCUT2D eigenvalue weighted by molar-refractivity contribution is 0.426. The van der Waals surface area contributed by atoms with Crippen molar-refractivity contribution in [1.82, 2.24) is 15.2 Å². The zero-order valence-corrected chi connectivity index (χ0v) is 12.8. The fraction of sp³-hybridized carbons (Fsp3) is 0.471. The predicted molar refractivity (Wildman–Crippen MR) is 84.9 cm³/mol. The van der Waals surface area contributed by atoms with E-state index in [-0.39, 0.29) is 6.04 Å². The summed E-state index contributed by atoms with van der Waals surface area (Å²) in [5, 5.41) is 4.65. The van der Waals surface area contributed by atoms with Crippen LogP contribution in [0.25, 0.3) is 0 Å². The van der Waals surface area contributed by atoms with Gasteiger partial charge in [0.2, 0.25) is 0 Å². The van der Waals surface area contributed by atoms with Crippen molar-refractivity contribution in [2.24, 2.45) is 5.84 Å². The number of nitrogens with zero attached hydrogens (tertiary/aromatic N) is 2. The van der Waals surface area contributed by atoms with Crippen LogP contribution in [0.15, 0.2) is 36.5 Å². The van der Waals surface area contributed by atoms with Gasteiger partial charge in [-0.25, -0.2) is 0 Å². The van der Waals surface area contributed by atoms with E-state index in [0.29, 0.717) is 12.0 Å². The minimum Gasteiger partial charge on any atom is -0.271 e. The van der Waals surface area contributed by atoms with Crippen molar-refractivity contribution in [3.8, 4) is 0 Å². The number of nitrogens with two attached hydrogens (primary N) is 1. The highest BCUT2D eigenvalue weighted by Gasteiger charge is 2.29. The second kappa shape index (κ2) is 6.00. The molecule has 1 aromatic heterocycles. The van der Waals surface area contributed by atoms with Crippen LogP contribution in [-0.4, -0.2) is 15.8 Å². The molecule has 112 valence electrons. The van der Waals surface area contributed by atoms with E-state index in [4.69, 9.17) is 5.84 Å². The number of aryl methyl sites for hydroxylation is 1. The molecule has 1 aliphatic rings. The Labute approximate surface area is 126 Å². The predicted octanol–water partition coefficient (Wildman–Crippen LogP) is 2.57. The van der Waals surface area contributed by atoms with E-state index in [1.165, 1.54) is 17.5 Å². The van der Waals surface area contributed by atoms with Crippen molar-refractivity contribution in [1.29, 1.82) is 0 Å². The highest BCUT2D eigenvalue weighted by Crippen LogP contribution is 2.36. The SMILES string of the molecule is CC(C)n1ccc(CC(NN)C2CCc3ccccc32)n1. The lowest BCUT2D eigenvalue weighted by Crippen LogP contribution is -2.41. The van der Waals surface area contributed by atoms with E-state index in [9.17, 15) is 0 Å². The van der Waals surface area contributed by atoms with Gasteiger partial charge in [0.25, 0.3) is 0 Å². The summed E-state index contributed by atoms with van der Waals surface area (Å²) in [4.78, 5) is 0. The molecule has 0 radical (unpaired) electrons. The molecule has 2 aromatic rings. The summed E-state index contributed by atoms with van der Waals surface area (Å²) >= 11 is 0. The van der Waals surface area contributed by atoms with E-state index in [2.05, 4.69) is 60.9 Å². The Morgan fingerprint density at radius 3 is 2.86 bits per heavy atom. The van der Waals surface area contributed by atoms with E-state index >= 15 is 0 Å². The van der Waals surface area contributed by atoms with Crippen LogP contribution in [0.1, 0.15) is 49.0 Å². The number of fused-ring (bicyclic) bond motifs is 1. The highest BCUT2D eigenvalue weighted by atomic mass is 15.3. The Bertz CT molecular complexity index is 602. The first-order valence-corrected chi connectivity index (χ1v) is 7.77. The maximum Gasteiger partial charge on any atom is 0.0641 e. The minimum atomic E-state index is 0.240. The van der Waals surface area contributed by atoms with Crippen molar-refractivity contribution in [3.63, 3.8) is 0 Å². The lowest BCUT2D eigenvalue weighted by atomic mass is 9.90. The molecule has 2 unspecified atom stereocenters. The Kier molecular flexibility index (Phi) is 4.08. The lowest BCUT2D eigenvalue weighted by Gasteiger charge is -2.23. The molecule has 0 saturated heterocycles. The van der Waals surface area contributed by atoms with Crippen LogP contribution in [-0.2, 0) is 12.8 Å². The smallest absolute Gasteiger partial charge is 0.0641 e. The molecule has 0 amide bonds. The first-order chi connectivity index (χ1) is 10.2. The normalized spacial score (nSPS) is 19.0. The second-order valence-corrected chi connectivity index (χ2v) is 6.20. The Balaban J connectivity index is 1.77. The van der Waals surface area contributed by atoms with E-state index < -0.39 is 0 Å². The van der Waals surface area contributed by atoms with E-state index in [0.717, 1.165) is 18.5 Å². The second-order valence-electron chi connectivity index (χ2n) is 6.20. The first kappa shape index (κ1) is 14.3. The molecule has 0 bridgehead atoms. The monoisotopic (exact) mass is 284 g/mol. The molecule has 0 fully saturated rings. The van der Waals surface area contributed by atoms with Crippen molar-refractivity contribution in [3.05, 3.63) is 53.3 Å². The summed E-state index contributed by atoms with van der Waals surface area (Å²) in [6.07, 6.45) is 5.24. The maximum atomic E-state index is 5.84. The van der Waals surface area contributed by atoms with Crippen LogP contribution in [0, 0.1) is 0 Å². The van der Waals surface area contributed by atoms with Crippen LogP contribution >= 0.6 is 0 Å². The molecule has 3 rings (SSSR count). The third-order valence-electron chi connectivity index (χ3n) is 4.50. The fourth-order valence-corrected chi connectivity index (χ4v) is 3.32. The summed E-state index contributed by atoms with van der Waals surface area (Å²) in [6.45, 7) is 4.28. The Morgan fingerprint density at radius 2 is 2.14 bits per heavy atom. The van der Waals surface area contributed by atoms with Gasteiger partial charge in [-0.05, 0) is 43.9 Å². The van der Waals surface area contributed by atoms with Gasteiger partial charge in [0.1, 0.15) is 0 Å². The van der Waals surface area contributed by atoms with Crippen molar-refractivity contribution < 1.29 is 0 Å². The van der Waals surface area contributed by atoms with Crippen LogP contribution in [0.3, 0.4) is 0 Å². The fourth-order valence-electron chi connectivity index (χ4n) is 3.32. The van der Waals surface area contributed by atoms with Crippen LogP contribution < -0.4 is 11.3 Å². The van der Waals surface area contributed by atoms with Gasteiger partial charge >= 0.3 is 0 Å². The third-order valence-corrected chi connectivity index (χ3v) is 4.50. The minimum absolute atomic E-state index is 0.240. The van der Waals surface area contributed by atoms with Crippen molar-refractivity contribution >= 4 is 0 Å². The summed E-state index contributed by atoms with van der Waals surface area (Å²) in [5.41, 5.74) is 7.05. The van der Waals surface area contributed by atoms with Crippen molar-refractivity contribution in [2.75, 3.05) is 0 Å². The molecular formula is C17H24N4. The maximum absolute atomic E-state index is 5.84. The van der Waals surface area contributed by atoms with Gasteiger partial charge in [-0.2, -0.15) is 5.10 Å². The number of rotatable bonds is 5. The Hall–Kier alpha value is -1.65. The van der Waals surface area contributed by atoms with Gasteiger partial charge in [-0.15, -0.1) is 0 Å². The average molecular weight is 284 g/mol. The molecule has 1 aliphatic carbocycles.